The summed E-state index contributed by atoms with van der Waals surface area (Å²) >= 11 is 0. The summed E-state index contributed by atoms with van der Waals surface area (Å²) in [5, 5.41) is 9.75. The Hall–Kier alpha value is -3.89. The topological polar surface area (TPSA) is 122 Å². The predicted octanol–water partition coefficient (Wildman–Crippen LogP) is 2.13. The van der Waals surface area contributed by atoms with Gasteiger partial charge in [-0.25, -0.2) is 9.37 Å². The van der Waals surface area contributed by atoms with Gasteiger partial charge in [0.05, 0.1) is 0 Å². The average Bonchev–Trinajstić information content (AvgIpc) is 3.36. The fourth-order valence-electron chi connectivity index (χ4n) is 4.49. The molecule has 2 N–H and O–H groups in total. The minimum Gasteiger partial charge on any atom is -0.350 e. The number of hydrogen-bond acceptors (Lipinski definition) is 6. The van der Waals surface area contributed by atoms with Gasteiger partial charge in [-0.15, -0.1) is 0 Å². The van der Waals surface area contributed by atoms with Gasteiger partial charge in [0.25, 0.3) is 17.6 Å². The van der Waals surface area contributed by atoms with Gasteiger partial charge in [0.1, 0.15) is 23.5 Å². The van der Waals surface area contributed by atoms with Crippen molar-refractivity contribution >= 4 is 23.5 Å². The van der Waals surface area contributed by atoms with Gasteiger partial charge in [-0.05, 0) is 55.7 Å². The second kappa shape index (κ2) is 10.8. The van der Waals surface area contributed by atoms with E-state index >= 15 is 0 Å². The Morgan fingerprint density at radius 3 is 2.53 bits per heavy atom. The molecular formula is C25H30FN7O3. The van der Waals surface area contributed by atoms with Crippen LogP contribution in [0.15, 0.2) is 30.6 Å². The maximum atomic E-state index is 13.5. The van der Waals surface area contributed by atoms with Crippen LogP contribution >= 0.6 is 0 Å². The van der Waals surface area contributed by atoms with E-state index in [0.29, 0.717) is 12.1 Å². The second-order valence-electron chi connectivity index (χ2n) is 9.43. The molecule has 0 saturated heterocycles. The number of nitrogens with one attached hydrogen (secondary N) is 2. The molecule has 4 rings (SSSR count). The third-order valence-corrected chi connectivity index (χ3v) is 6.58. The zero-order valence-corrected chi connectivity index (χ0v) is 20.6. The second-order valence-corrected chi connectivity index (χ2v) is 9.43. The summed E-state index contributed by atoms with van der Waals surface area (Å²) in [6.07, 6.45) is 4.59. The smallest absolute Gasteiger partial charge is 0.270 e. The lowest BCUT2D eigenvalue weighted by Gasteiger charge is -2.29. The normalized spacial score (nSPS) is 17.6. The van der Waals surface area contributed by atoms with Gasteiger partial charge in [0, 0.05) is 39.2 Å². The molecule has 1 aromatic carbocycles. The first kappa shape index (κ1) is 25.2. The molecule has 1 aliphatic rings. The standard InChI is InChI=1S/C25H30FN7O3/c1-15-10-17(6-9-19(15)26)13-27-22(34)20-11-21(33-25(31-20)29-14-30-33)23(35)28-12-16-4-7-18(8-5-16)24(36)32(2)3/h6,9-11,14,16,18H,4-5,7-8,12-13H2,1-3H3,(H,27,34)(H,28,35). The van der Waals surface area contributed by atoms with Gasteiger partial charge in [0.2, 0.25) is 5.91 Å². The number of carbonyl (C=O) groups is 3. The molecule has 0 unspecified atom stereocenters. The van der Waals surface area contributed by atoms with Crippen molar-refractivity contribution in [1.29, 1.82) is 0 Å². The van der Waals surface area contributed by atoms with E-state index in [1.807, 2.05) is 0 Å². The minimum absolute atomic E-state index is 0.0298. The molecular weight excluding hydrogens is 465 g/mol. The van der Waals surface area contributed by atoms with Crippen LogP contribution in [0.2, 0.25) is 0 Å². The van der Waals surface area contributed by atoms with Crippen LogP contribution in [-0.4, -0.2) is 62.8 Å². The summed E-state index contributed by atoms with van der Waals surface area (Å²) < 4.78 is 14.8. The summed E-state index contributed by atoms with van der Waals surface area (Å²) in [7, 11) is 3.54. The highest BCUT2D eigenvalue weighted by Crippen LogP contribution is 2.29. The van der Waals surface area contributed by atoms with Gasteiger partial charge >= 0.3 is 0 Å². The number of nitrogens with zero attached hydrogens (tertiary/aromatic N) is 5. The highest BCUT2D eigenvalue weighted by atomic mass is 19.1. The Morgan fingerprint density at radius 2 is 1.83 bits per heavy atom. The molecule has 0 aliphatic heterocycles. The molecule has 1 saturated carbocycles. The molecule has 1 fully saturated rings. The molecule has 0 atom stereocenters. The maximum absolute atomic E-state index is 13.5. The molecule has 2 heterocycles. The number of rotatable bonds is 7. The van der Waals surface area contributed by atoms with Crippen molar-refractivity contribution in [2.24, 2.45) is 11.8 Å². The number of hydrogen-bond donors (Lipinski definition) is 2. The Balaban J connectivity index is 1.40. The van der Waals surface area contributed by atoms with E-state index in [1.54, 1.807) is 38.1 Å². The van der Waals surface area contributed by atoms with E-state index in [-0.39, 0.29) is 53.2 Å². The van der Waals surface area contributed by atoms with Crippen molar-refractivity contribution in [2.75, 3.05) is 20.6 Å². The number of fused-ring (bicyclic) bond motifs is 1. The Morgan fingerprint density at radius 1 is 1.08 bits per heavy atom. The van der Waals surface area contributed by atoms with Crippen molar-refractivity contribution in [3.8, 4) is 0 Å². The van der Waals surface area contributed by atoms with Crippen molar-refractivity contribution in [3.05, 3.63) is 58.9 Å². The Kier molecular flexibility index (Phi) is 7.56. The Bertz CT molecular complexity index is 1280. The largest absolute Gasteiger partial charge is 0.350 e. The monoisotopic (exact) mass is 495 g/mol. The number of benzene rings is 1. The van der Waals surface area contributed by atoms with Gasteiger partial charge in [-0.3, -0.25) is 14.4 Å². The highest BCUT2D eigenvalue weighted by molar-refractivity contribution is 5.98. The van der Waals surface area contributed by atoms with Gasteiger partial charge in [-0.2, -0.15) is 14.6 Å². The van der Waals surface area contributed by atoms with Crippen molar-refractivity contribution < 1.29 is 18.8 Å². The predicted molar refractivity (Wildman–Crippen MR) is 130 cm³/mol. The number of aryl methyl sites for hydroxylation is 1. The van der Waals surface area contributed by atoms with E-state index in [9.17, 15) is 18.8 Å². The van der Waals surface area contributed by atoms with Crippen LogP contribution in [0.5, 0.6) is 0 Å². The SMILES string of the molecule is Cc1cc(CNC(=O)c2cc(C(=O)NCC3CCC(C(=O)N(C)C)CC3)n3ncnc3n2)ccc1F. The van der Waals surface area contributed by atoms with Crippen LogP contribution in [0.25, 0.3) is 5.78 Å². The lowest BCUT2D eigenvalue weighted by molar-refractivity contribution is -0.134. The van der Waals surface area contributed by atoms with Crippen LogP contribution in [0.1, 0.15) is 57.8 Å². The van der Waals surface area contributed by atoms with Gasteiger partial charge in [-0.1, -0.05) is 12.1 Å². The Labute approximate surface area is 208 Å². The molecule has 1 aliphatic carbocycles. The third kappa shape index (κ3) is 5.67. The maximum Gasteiger partial charge on any atom is 0.270 e. The molecule has 36 heavy (non-hydrogen) atoms. The van der Waals surface area contributed by atoms with Crippen molar-refractivity contribution in [3.63, 3.8) is 0 Å². The number of amides is 3. The summed E-state index contributed by atoms with van der Waals surface area (Å²) in [5.41, 5.74) is 1.41. The fourth-order valence-corrected chi connectivity index (χ4v) is 4.49. The quantitative estimate of drug-likeness (QED) is 0.518. The van der Waals surface area contributed by atoms with Gasteiger partial charge in [0.15, 0.2) is 0 Å². The fraction of sp³-hybridized carbons (Fsp3) is 0.440. The lowest BCUT2D eigenvalue weighted by atomic mass is 9.81. The molecule has 3 aromatic rings. The number of carbonyl (C=O) groups excluding carboxylic acids is 3. The van der Waals surface area contributed by atoms with Crippen LogP contribution < -0.4 is 10.6 Å². The van der Waals surface area contributed by atoms with Crippen LogP contribution in [-0.2, 0) is 11.3 Å². The average molecular weight is 496 g/mol. The van der Waals surface area contributed by atoms with E-state index in [0.717, 1.165) is 31.2 Å². The van der Waals surface area contributed by atoms with Crippen LogP contribution in [0.4, 0.5) is 4.39 Å². The first-order valence-electron chi connectivity index (χ1n) is 12.0. The molecule has 2 aromatic heterocycles. The first-order chi connectivity index (χ1) is 17.2. The number of halogens is 1. The molecule has 0 spiro atoms. The molecule has 10 nitrogen and oxygen atoms in total. The van der Waals surface area contributed by atoms with E-state index in [2.05, 4.69) is 25.7 Å². The molecule has 0 bridgehead atoms. The zero-order valence-electron chi connectivity index (χ0n) is 20.6. The molecule has 0 radical (unpaired) electrons. The molecule has 3 amide bonds. The van der Waals surface area contributed by atoms with E-state index in [4.69, 9.17) is 0 Å². The summed E-state index contributed by atoms with van der Waals surface area (Å²) in [4.78, 5) is 47.9. The first-order valence-corrected chi connectivity index (χ1v) is 12.0. The molecule has 190 valence electrons. The van der Waals surface area contributed by atoms with Crippen molar-refractivity contribution in [1.82, 2.24) is 35.1 Å². The third-order valence-electron chi connectivity index (χ3n) is 6.58. The van der Waals surface area contributed by atoms with Crippen molar-refractivity contribution in [2.45, 2.75) is 39.2 Å². The van der Waals surface area contributed by atoms with Crippen LogP contribution in [0, 0.1) is 24.6 Å². The highest BCUT2D eigenvalue weighted by Gasteiger charge is 2.28. The zero-order chi connectivity index (χ0) is 25.8. The lowest BCUT2D eigenvalue weighted by Crippen LogP contribution is -2.36. The van der Waals surface area contributed by atoms with Gasteiger partial charge < -0.3 is 15.5 Å². The minimum atomic E-state index is -0.486. The molecule has 11 heteroatoms. The van der Waals surface area contributed by atoms with E-state index in [1.165, 1.54) is 23.0 Å². The summed E-state index contributed by atoms with van der Waals surface area (Å²) in [5.74, 6) is -0.578. The van der Waals surface area contributed by atoms with Crippen LogP contribution in [0.3, 0.4) is 0 Å². The van der Waals surface area contributed by atoms with E-state index < -0.39 is 5.91 Å². The summed E-state index contributed by atoms with van der Waals surface area (Å²) in [6.45, 7) is 2.30. The summed E-state index contributed by atoms with van der Waals surface area (Å²) in [6, 6.07) is 6.00. The number of aromatic nitrogens is 4.